The first-order chi connectivity index (χ1) is 18.4. The van der Waals surface area contributed by atoms with Gasteiger partial charge in [0, 0.05) is 28.6 Å². The maximum Gasteiger partial charge on any atom is 0.315 e. The Morgan fingerprint density at radius 3 is 2.53 bits per heavy atom. The van der Waals surface area contributed by atoms with Crippen molar-refractivity contribution >= 4 is 40.1 Å². The van der Waals surface area contributed by atoms with Gasteiger partial charge in [0.2, 0.25) is 0 Å². The molecule has 0 saturated heterocycles. The van der Waals surface area contributed by atoms with E-state index in [0.29, 0.717) is 46.0 Å². The lowest BCUT2D eigenvalue weighted by molar-refractivity contribution is 0.236. The zero-order valence-corrected chi connectivity index (χ0v) is 21.5. The number of amides is 2. The zero-order valence-electron chi connectivity index (χ0n) is 20.0. The molecule has 3 aromatic carbocycles. The van der Waals surface area contributed by atoms with Crippen LogP contribution in [0.25, 0.3) is 22.2 Å². The van der Waals surface area contributed by atoms with Crippen LogP contribution in [0.15, 0.2) is 83.7 Å². The molecular weight excluding hydrogens is 525 g/mol. The standard InChI is InChI=1S/C28H23Cl2N5O3/c29-19-8-4-7-17(11-19)15-31-28(38)33-22(12-16-5-2-1-3-6-16)27-34-25(26(30)35-27)18-9-10-21-20(13-18)23(36)14-24(37)32-21/h1-11,13-14,22H,12,15H2,(H,34,35)(H2,31,33,38)(H2,32,36,37). The monoisotopic (exact) mass is 547 g/mol. The number of H-pyrrole nitrogens is 2. The van der Waals surface area contributed by atoms with E-state index in [2.05, 4.69) is 20.6 Å². The molecule has 10 heteroatoms. The number of fused-ring (bicyclic) bond motifs is 1. The molecule has 1 atom stereocenters. The van der Waals surface area contributed by atoms with E-state index >= 15 is 0 Å². The van der Waals surface area contributed by atoms with Crippen molar-refractivity contribution in [3.05, 3.63) is 116 Å². The average molecular weight is 548 g/mol. The molecular formula is C28H23Cl2N5O3. The highest BCUT2D eigenvalue weighted by molar-refractivity contribution is 6.32. The Bertz CT molecular complexity index is 1670. The van der Waals surface area contributed by atoms with Crippen LogP contribution < -0.4 is 16.2 Å². The van der Waals surface area contributed by atoms with Crippen LogP contribution in [0, 0.1) is 0 Å². The Morgan fingerprint density at radius 2 is 1.74 bits per heavy atom. The Hall–Kier alpha value is -4.27. The first-order valence-electron chi connectivity index (χ1n) is 11.8. The molecule has 2 amide bonds. The predicted octanol–water partition coefficient (Wildman–Crippen LogP) is 5.71. The Labute approximate surface area is 227 Å². The Kier molecular flexibility index (Phi) is 7.35. The fraction of sp³-hybridized carbons (Fsp3) is 0.107. The summed E-state index contributed by atoms with van der Waals surface area (Å²) in [5.41, 5.74) is 3.05. The second-order valence-electron chi connectivity index (χ2n) is 8.76. The van der Waals surface area contributed by atoms with Crippen molar-refractivity contribution in [3.63, 3.8) is 0 Å². The number of nitrogens with one attached hydrogen (secondary N) is 4. The van der Waals surface area contributed by atoms with Crippen LogP contribution in [0.4, 0.5) is 4.79 Å². The van der Waals surface area contributed by atoms with Crippen molar-refractivity contribution < 1.29 is 9.90 Å². The van der Waals surface area contributed by atoms with E-state index in [0.717, 1.165) is 17.2 Å². The predicted molar refractivity (Wildman–Crippen MR) is 149 cm³/mol. The number of nitrogens with zero attached hydrogens (tertiary/aromatic N) is 1. The molecule has 8 nitrogen and oxygen atoms in total. The van der Waals surface area contributed by atoms with Gasteiger partial charge >= 0.3 is 6.03 Å². The molecule has 1 unspecified atom stereocenters. The molecule has 5 aromatic rings. The summed E-state index contributed by atoms with van der Waals surface area (Å²) in [6.07, 6.45) is 0.467. The molecule has 0 fully saturated rings. The Morgan fingerprint density at radius 1 is 0.947 bits per heavy atom. The normalized spacial score (nSPS) is 11.8. The molecule has 0 radical (unpaired) electrons. The number of hydrogen-bond acceptors (Lipinski definition) is 4. The summed E-state index contributed by atoms with van der Waals surface area (Å²) >= 11 is 12.6. The summed E-state index contributed by atoms with van der Waals surface area (Å²) in [6.45, 7) is 0.303. The van der Waals surface area contributed by atoms with Gasteiger partial charge in [-0.3, -0.25) is 4.79 Å². The van der Waals surface area contributed by atoms with Crippen molar-refractivity contribution in [2.24, 2.45) is 0 Å². The van der Waals surface area contributed by atoms with Gasteiger partial charge in [-0.2, -0.15) is 0 Å². The summed E-state index contributed by atoms with van der Waals surface area (Å²) in [4.78, 5) is 35.0. The van der Waals surface area contributed by atoms with E-state index in [9.17, 15) is 14.7 Å². The third-order valence-corrected chi connectivity index (χ3v) is 6.54. The molecule has 0 bridgehead atoms. The topological polar surface area (TPSA) is 123 Å². The molecule has 5 N–H and O–H groups in total. The van der Waals surface area contributed by atoms with Crippen LogP contribution in [-0.4, -0.2) is 26.1 Å². The minimum Gasteiger partial charge on any atom is -0.507 e. The fourth-order valence-electron chi connectivity index (χ4n) is 4.21. The van der Waals surface area contributed by atoms with Crippen molar-refractivity contribution in [1.82, 2.24) is 25.6 Å². The highest BCUT2D eigenvalue weighted by Gasteiger charge is 2.22. The quantitative estimate of drug-likeness (QED) is 0.179. The second-order valence-corrected chi connectivity index (χ2v) is 9.58. The van der Waals surface area contributed by atoms with Gasteiger partial charge in [-0.1, -0.05) is 71.7 Å². The minimum atomic E-state index is -0.520. The molecule has 192 valence electrons. The summed E-state index contributed by atoms with van der Waals surface area (Å²) in [6, 6.07) is 22.3. The van der Waals surface area contributed by atoms with Gasteiger partial charge in [-0.15, -0.1) is 0 Å². The van der Waals surface area contributed by atoms with E-state index in [1.807, 2.05) is 42.5 Å². The smallest absolute Gasteiger partial charge is 0.315 e. The van der Waals surface area contributed by atoms with Crippen LogP contribution in [0.2, 0.25) is 10.2 Å². The number of hydrogen-bond donors (Lipinski definition) is 5. The summed E-state index contributed by atoms with van der Waals surface area (Å²) in [5, 5.41) is 17.4. The number of benzene rings is 3. The van der Waals surface area contributed by atoms with Crippen LogP contribution in [0.5, 0.6) is 5.75 Å². The van der Waals surface area contributed by atoms with E-state index in [4.69, 9.17) is 28.2 Å². The van der Waals surface area contributed by atoms with Crippen LogP contribution in [-0.2, 0) is 13.0 Å². The van der Waals surface area contributed by atoms with E-state index in [1.54, 1.807) is 30.3 Å². The molecule has 5 rings (SSSR count). The highest BCUT2D eigenvalue weighted by Crippen LogP contribution is 2.32. The number of carbonyl (C=O) groups excluding carboxylic acids is 1. The molecule has 0 aliphatic heterocycles. The third kappa shape index (κ3) is 5.82. The van der Waals surface area contributed by atoms with Crippen LogP contribution >= 0.6 is 23.2 Å². The maximum atomic E-state index is 12.9. The third-order valence-electron chi connectivity index (χ3n) is 6.03. The van der Waals surface area contributed by atoms with Gasteiger partial charge in [0.1, 0.15) is 22.4 Å². The number of halogens is 2. The summed E-state index contributed by atoms with van der Waals surface area (Å²) in [5.74, 6) is 0.329. The fourth-order valence-corrected chi connectivity index (χ4v) is 4.67. The van der Waals surface area contributed by atoms with Crippen molar-refractivity contribution in [1.29, 1.82) is 0 Å². The second kappa shape index (κ2) is 11.0. The van der Waals surface area contributed by atoms with Gasteiger partial charge in [0.05, 0.1) is 11.6 Å². The van der Waals surface area contributed by atoms with Crippen molar-refractivity contribution in [2.45, 2.75) is 19.0 Å². The minimum absolute atomic E-state index is 0.141. The molecule has 38 heavy (non-hydrogen) atoms. The molecule has 0 spiro atoms. The number of carbonyl (C=O) groups is 1. The lowest BCUT2D eigenvalue weighted by atomic mass is 10.1. The van der Waals surface area contributed by atoms with E-state index in [-0.39, 0.29) is 16.9 Å². The molecule has 0 aliphatic carbocycles. The average Bonchev–Trinajstić information content (AvgIpc) is 3.29. The maximum absolute atomic E-state index is 12.9. The molecule has 2 heterocycles. The lowest BCUT2D eigenvalue weighted by Gasteiger charge is -2.17. The number of urea groups is 1. The molecule has 2 aromatic heterocycles. The van der Waals surface area contributed by atoms with Gasteiger partial charge < -0.3 is 25.7 Å². The number of pyridine rings is 1. The van der Waals surface area contributed by atoms with Crippen molar-refractivity contribution in [3.8, 4) is 17.0 Å². The number of aromatic hydroxyl groups is 1. The zero-order chi connectivity index (χ0) is 26.6. The lowest BCUT2D eigenvalue weighted by Crippen LogP contribution is -2.38. The van der Waals surface area contributed by atoms with Gasteiger partial charge in [0.15, 0.2) is 0 Å². The first-order valence-corrected chi connectivity index (χ1v) is 12.6. The number of aromatic amines is 2. The van der Waals surface area contributed by atoms with E-state index < -0.39 is 11.6 Å². The van der Waals surface area contributed by atoms with Crippen LogP contribution in [0.3, 0.4) is 0 Å². The largest absolute Gasteiger partial charge is 0.507 e. The molecule has 0 aliphatic rings. The number of aromatic nitrogens is 3. The summed E-state index contributed by atoms with van der Waals surface area (Å²) < 4.78 is 0. The van der Waals surface area contributed by atoms with Gasteiger partial charge in [-0.05, 0) is 41.8 Å². The highest BCUT2D eigenvalue weighted by atomic mass is 35.5. The van der Waals surface area contributed by atoms with Gasteiger partial charge in [-0.25, -0.2) is 9.78 Å². The van der Waals surface area contributed by atoms with E-state index in [1.165, 1.54) is 0 Å². The van der Waals surface area contributed by atoms with Gasteiger partial charge in [0.25, 0.3) is 5.56 Å². The summed E-state index contributed by atoms with van der Waals surface area (Å²) in [7, 11) is 0. The first kappa shape index (κ1) is 25.4. The Balaban J connectivity index is 1.42. The molecule has 0 saturated carbocycles. The number of rotatable bonds is 7. The number of imidazole rings is 1. The SMILES string of the molecule is O=C(NCc1cccc(Cl)c1)NC(Cc1ccccc1)c1nc(-c2ccc3[nH]c(=O)cc(O)c3c2)c(Cl)[nH]1. The van der Waals surface area contributed by atoms with Crippen molar-refractivity contribution in [2.75, 3.05) is 0 Å². The van der Waals surface area contributed by atoms with Crippen LogP contribution in [0.1, 0.15) is 23.0 Å².